The highest BCUT2D eigenvalue weighted by Gasteiger charge is 2.69. The number of aliphatic imine (C=N–C) groups is 1. The Morgan fingerprint density at radius 1 is 1.17 bits per heavy atom. The van der Waals surface area contributed by atoms with E-state index in [9.17, 15) is 22.0 Å². The molecule has 1 aromatic rings. The molecule has 0 bridgehead atoms. The van der Waals surface area contributed by atoms with Crippen molar-refractivity contribution in [3.05, 3.63) is 29.8 Å². The summed E-state index contributed by atoms with van der Waals surface area (Å²) in [5.41, 5.74) is -0.700. The molecule has 1 aliphatic heterocycles. The van der Waals surface area contributed by atoms with E-state index < -0.39 is 22.7 Å². The van der Waals surface area contributed by atoms with Gasteiger partial charge in [-0.15, -0.1) is 0 Å². The minimum Gasteiger partial charge on any atom is -0.463 e. The zero-order chi connectivity index (χ0) is 17.5. The maximum atomic E-state index is 13.9. The summed E-state index contributed by atoms with van der Waals surface area (Å²) in [5.74, 6) is -4.73. The lowest BCUT2D eigenvalue weighted by molar-refractivity contribution is -0.297. The van der Waals surface area contributed by atoms with Crippen LogP contribution in [0.2, 0.25) is 0 Å². The Hall–Kier alpha value is -1.61. The number of alkyl halides is 6. The lowest BCUT2D eigenvalue weighted by Crippen LogP contribution is -2.52. The second-order valence-electron chi connectivity index (χ2n) is 4.81. The number of benzene rings is 1. The van der Waals surface area contributed by atoms with Gasteiger partial charge in [-0.25, -0.2) is 4.99 Å². The van der Waals surface area contributed by atoms with E-state index in [0.29, 0.717) is 18.8 Å². The minimum atomic E-state index is -5.71. The molecule has 0 radical (unpaired) electrons. The van der Waals surface area contributed by atoms with Crippen LogP contribution in [0.1, 0.15) is 5.56 Å². The van der Waals surface area contributed by atoms with E-state index in [1.807, 2.05) is 0 Å². The molecule has 1 aromatic carbocycles. The standard InChI is InChI=1S/C13H12ClF5N2O2/c1-21(10-20-6-7-23-10)9-4-2-8(3-5-9)11(15,16)12(14,22)13(17,18)19/h2-5,22H,6-7H2,1H3. The van der Waals surface area contributed by atoms with Gasteiger partial charge in [0, 0.05) is 18.3 Å². The lowest BCUT2D eigenvalue weighted by Gasteiger charge is -2.32. The normalized spacial score (nSPS) is 18.2. The fourth-order valence-corrected chi connectivity index (χ4v) is 2.01. The molecule has 1 N–H and O–H groups in total. The molecule has 10 heteroatoms. The number of anilines is 1. The highest BCUT2D eigenvalue weighted by atomic mass is 35.5. The van der Waals surface area contributed by atoms with Gasteiger partial charge in [0.25, 0.3) is 6.02 Å². The highest BCUT2D eigenvalue weighted by Crippen LogP contribution is 2.50. The van der Waals surface area contributed by atoms with Gasteiger partial charge in [0.15, 0.2) is 0 Å². The van der Waals surface area contributed by atoms with Gasteiger partial charge in [-0.1, -0.05) is 23.7 Å². The van der Waals surface area contributed by atoms with E-state index in [2.05, 4.69) is 16.6 Å². The van der Waals surface area contributed by atoms with Crippen molar-refractivity contribution in [1.29, 1.82) is 0 Å². The SMILES string of the molecule is CN(C1=NCCO1)c1ccc(C(F)(F)C(O)(Cl)C(F)(F)F)cc1. The van der Waals surface area contributed by atoms with Gasteiger partial charge in [-0.05, 0) is 12.1 Å². The van der Waals surface area contributed by atoms with Gasteiger partial charge in [0.1, 0.15) is 6.61 Å². The third kappa shape index (κ3) is 3.07. The largest absolute Gasteiger partial charge is 0.463 e. The quantitative estimate of drug-likeness (QED) is 0.667. The Labute approximate surface area is 133 Å². The van der Waals surface area contributed by atoms with Crippen LogP contribution in [0, 0.1) is 0 Å². The summed E-state index contributed by atoms with van der Waals surface area (Å²) in [6.45, 7) is 0.849. The highest BCUT2D eigenvalue weighted by molar-refractivity contribution is 6.24. The summed E-state index contributed by atoms with van der Waals surface area (Å²) in [5, 5.41) is 4.32. The van der Waals surface area contributed by atoms with Crippen LogP contribution >= 0.6 is 11.6 Å². The molecule has 23 heavy (non-hydrogen) atoms. The monoisotopic (exact) mass is 358 g/mol. The number of hydrogen-bond acceptors (Lipinski definition) is 4. The lowest BCUT2D eigenvalue weighted by atomic mass is 10.0. The summed E-state index contributed by atoms with van der Waals surface area (Å²) < 4.78 is 70.6. The van der Waals surface area contributed by atoms with Crippen molar-refractivity contribution in [2.24, 2.45) is 4.99 Å². The number of aliphatic hydroxyl groups is 1. The number of halogens is 6. The average Bonchev–Trinajstić information content (AvgIpc) is 2.99. The van der Waals surface area contributed by atoms with Gasteiger partial charge < -0.3 is 9.84 Å². The molecule has 0 saturated carbocycles. The van der Waals surface area contributed by atoms with Crippen LogP contribution in [-0.2, 0) is 10.7 Å². The van der Waals surface area contributed by atoms with E-state index >= 15 is 0 Å². The molecule has 4 nitrogen and oxygen atoms in total. The van der Waals surface area contributed by atoms with Crippen LogP contribution in [-0.4, -0.2) is 42.6 Å². The smallest absolute Gasteiger partial charge is 0.438 e. The zero-order valence-electron chi connectivity index (χ0n) is 11.7. The molecule has 128 valence electrons. The van der Waals surface area contributed by atoms with Crippen molar-refractivity contribution in [3.8, 4) is 0 Å². The van der Waals surface area contributed by atoms with Gasteiger partial charge in [0.2, 0.25) is 0 Å². The summed E-state index contributed by atoms with van der Waals surface area (Å²) in [6, 6.07) is 4.07. The third-order valence-electron chi connectivity index (χ3n) is 3.27. The van der Waals surface area contributed by atoms with Crippen molar-refractivity contribution in [2.45, 2.75) is 17.2 Å². The van der Waals surface area contributed by atoms with Crippen molar-refractivity contribution in [3.63, 3.8) is 0 Å². The third-order valence-corrected chi connectivity index (χ3v) is 3.72. The number of rotatable bonds is 3. The van der Waals surface area contributed by atoms with Crippen LogP contribution in [0.25, 0.3) is 0 Å². The molecule has 0 amide bonds. The van der Waals surface area contributed by atoms with E-state index in [4.69, 9.17) is 9.84 Å². The maximum absolute atomic E-state index is 13.9. The minimum absolute atomic E-state index is 0.272. The first-order valence-corrected chi connectivity index (χ1v) is 6.73. The molecular weight excluding hydrogens is 347 g/mol. The Morgan fingerprint density at radius 2 is 1.74 bits per heavy atom. The Balaban J connectivity index is 2.28. The first-order valence-electron chi connectivity index (χ1n) is 6.36. The number of amidine groups is 1. The predicted octanol–water partition coefficient (Wildman–Crippen LogP) is 3.09. The Bertz CT molecular complexity index is 601. The van der Waals surface area contributed by atoms with Gasteiger partial charge in [-0.2, -0.15) is 22.0 Å². The maximum Gasteiger partial charge on any atom is 0.438 e. The molecule has 0 aromatic heterocycles. The van der Waals surface area contributed by atoms with E-state index in [1.165, 1.54) is 4.90 Å². The second kappa shape index (κ2) is 5.79. The summed E-state index contributed by atoms with van der Waals surface area (Å²) in [7, 11) is 1.56. The first kappa shape index (κ1) is 17.7. The zero-order valence-corrected chi connectivity index (χ0v) is 12.5. The van der Waals surface area contributed by atoms with Crippen molar-refractivity contribution in [2.75, 3.05) is 25.1 Å². The van der Waals surface area contributed by atoms with Crippen molar-refractivity contribution in [1.82, 2.24) is 0 Å². The molecular formula is C13H12ClF5N2O2. The summed E-state index contributed by atoms with van der Waals surface area (Å²) in [4.78, 5) is 5.47. The predicted molar refractivity (Wildman–Crippen MR) is 73.9 cm³/mol. The Kier molecular flexibility index (Phi) is 4.46. The van der Waals surface area contributed by atoms with Crippen LogP contribution in [0.4, 0.5) is 27.6 Å². The van der Waals surface area contributed by atoms with Crippen LogP contribution in [0.3, 0.4) is 0 Å². The van der Waals surface area contributed by atoms with Gasteiger partial charge in [0.05, 0.1) is 6.54 Å². The molecule has 1 atom stereocenters. The Morgan fingerprint density at radius 3 is 2.17 bits per heavy atom. The van der Waals surface area contributed by atoms with Crippen LogP contribution < -0.4 is 4.90 Å². The van der Waals surface area contributed by atoms with E-state index in [1.54, 1.807) is 7.05 Å². The molecule has 2 rings (SSSR count). The molecule has 1 aliphatic rings. The molecule has 0 aliphatic carbocycles. The summed E-state index contributed by atoms with van der Waals surface area (Å²) in [6.07, 6.45) is -5.71. The van der Waals surface area contributed by atoms with Crippen molar-refractivity contribution >= 4 is 23.3 Å². The van der Waals surface area contributed by atoms with Gasteiger partial charge >= 0.3 is 17.2 Å². The van der Waals surface area contributed by atoms with Crippen molar-refractivity contribution < 1.29 is 31.8 Å². The fourth-order valence-electron chi connectivity index (χ4n) is 1.90. The summed E-state index contributed by atoms with van der Waals surface area (Å²) >= 11 is 4.68. The average molecular weight is 359 g/mol. The fraction of sp³-hybridized carbons (Fsp3) is 0.462. The van der Waals surface area contributed by atoms with Gasteiger partial charge in [-0.3, -0.25) is 4.90 Å². The number of nitrogens with zero attached hydrogens (tertiary/aromatic N) is 2. The molecule has 1 heterocycles. The molecule has 1 unspecified atom stereocenters. The van der Waals surface area contributed by atoms with Crippen LogP contribution in [0.15, 0.2) is 29.3 Å². The topological polar surface area (TPSA) is 45.1 Å². The molecule has 0 spiro atoms. The first-order chi connectivity index (χ1) is 10.5. The molecule has 0 fully saturated rings. The van der Waals surface area contributed by atoms with E-state index in [0.717, 1.165) is 24.3 Å². The molecule has 0 saturated heterocycles. The van der Waals surface area contributed by atoms with E-state index in [-0.39, 0.29) is 6.02 Å². The second-order valence-corrected chi connectivity index (χ2v) is 5.36. The number of hydrogen-bond donors (Lipinski definition) is 1. The number of ether oxygens (including phenoxy) is 1. The van der Waals surface area contributed by atoms with Crippen LogP contribution in [0.5, 0.6) is 0 Å².